The first-order valence-electron chi connectivity index (χ1n) is 6.93. The Bertz CT molecular complexity index is 764. The molecule has 3 rings (SSSR count). The molecule has 0 aliphatic rings. The molecule has 0 saturated heterocycles. The Labute approximate surface area is 128 Å². The summed E-state index contributed by atoms with van der Waals surface area (Å²) in [5, 5.41) is 6.74. The minimum absolute atomic E-state index is 0.199. The topological polar surface area (TPSA) is 68.0 Å². The highest BCUT2D eigenvalue weighted by molar-refractivity contribution is 5.92. The van der Waals surface area contributed by atoms with Crippen LogP contribution in [0.15, 0.2) is 59.4 Å². The largest absolute Gasteiger partial charge is 0.350 e. The molecule has 0 unspecified atom stereocenters. The number of benzene rings is 1. The van der Waals surface area contributed by atoms with Crippen LogP contribution < -0.4 is 5.32 Å². The quantitative estimate of drug-likeness (QED) is 0.803. The molecule has 0 spiro atoms. The lowest BCUT2D eigenvalue weighted by Gasteiger charge is -2.01. The number of rotatable bonds is 4. The lowest BCUT2D eigenvalue weighted by Crippen LogP contribution is -2.22. The standard InChI is InChI=1S/C17H15N3O2/c1-12-2-4-14(5-3-12)15-10-16(22-20-15)17(21)19-11-13-6-8-18-9-7-13/h2-10H,11H2,1H3,(H,19,21). The molecule has 22 heavy (non-hydrogen) atoms. The van der Waals surface area contributed by atoms with E-state index >= 15 is 0 Å². The molecule has 0 aliphatic carbocycles. The lowest BCUT2D eigenvalue weighted by atomic mass is 10.1. The van der Waals surface area contributed by atoms with E-state index in [1.165, 1.54) is 5.56 Å². The van der Waals surface area contributed by atoms with Crippen LogP contribution in [0.2, 0.25) is 0 Å². The average Bonchev–Trinajstić information content (AvgIpc) is 3.04. The zero-order valence-electron chi connectivity index (χ0n) is 12.1. The number of hydrogen-bond acceptors (Lipinski definition) is 4. The maximum atomic E-state index is 12.1. The molecule has 3 aromatic rings. The van der Waals surface area contributed by atoms with Crippen LogP contribution in [-0.4, -0.2) is 16.0 Å². The van der Waals surface area contributed by atoms with Gasteiger partial charge in [-0.25, -0.2) is 0 Å². The van der Waals surface area contributed by atoms with Gasteiger partial charge in [0, 0.05) is 30.6 Å². The number of amides is 1. The summed E-state index contributed by atoms with van der Waals surface area (Å²) in [6.45, 7) is 2.44. The highest BCUT2D eigenvalue weighted by atomic mass is 16.5. The predicted molar refractivity (Wildman–Crippen MR) is 82.1 cm³/mol. The first-order valence-corrected chi connectivity index (χ1v) is 6.93. The lowest BCUT2D eigenvalue weighted by molar-refractivity contribution is 0.0914. The van der Waals surface area contributed by atoms with Crippen molar-refractivity contribution in [3.05, 3.63) is 71.7 Å². The van der Waals surface area contributed by atoms with Crippen LogP contribution in [0.4, 0.5) is 0 Å². The summed E-state index contributed by atoms with van der Waals surface area (Å²) >= 11 is 0. The van der Waals surface area contributed by atoms with E-state index in [1.807, 2.05) is 43.3 Å². The number of aromatic nitrogens is 2. The first-order chi connectivity index (χ1) is 10.7. The molecule has 1 N–H and O–H groups in total. The van der Waals surface area contributed by atoms with E-state index in [0.717, 1.165) is 11.1 Å². The Morgan fingerprint density at radius 2 is 1.86 bits per heavy atom. The van der Waals surface area contributed by atoms with E-state index in [-0.39, 0.29) is 11.7 Å². The smallest absolute Gasteiger partial charge is 0.290 e. The summed E-state index contributed by atoms with van der Waals surface area (Å²) in [4.78, 5) is 16.0. The fourth-order valence-electron chi connectivity index (χ4n) is 2.01. The Morgan fingerprint density at radius 1 is 1.14 bits per heavy atom. The number of carbonyl (C=O) groups excluding carboxylic acids is 1. The molecule has 110 valence electrons. The van der Waals surface area contributed by atoms with Crippen molar-refractivity contribution in [3.63, 3.8) is 0 Å². The molecule has 5 nitrogen and oxygen atoms in total. The SMILES string of the molecule is Cc1ccc(-c2cc(C(=O)NCc3ccncc3)on2)cc1. The molecule has 0 fully saturated rings. The van der Waals surface area contributed by atoms with E-state index in [4.69, 9.17) is 4.52 Å². The van der Waals surface area contributed by atoms with Crippen LogP contribution in [0.1, 0.15) is 21.7 Å². The fraction of sp³-hybridized carbons (Fsp3) is 0.118. The fourth-order valence-corrected chi connectivity index (χ4v) is 2.01. The molecule has 2 heterocycles. The molecule has 1 amide bonds. The van der Waals surface area contributed by atoms with Gasteiger partial charge in [-0.2, -0.15) is 0 Å². The van der Waals surface area contributed by atoms with Crippen molar-refractivity contribution in [2.75, 3.05) is 0 Å². The number of nitrogens with zero attached hydrogens (tertiary/aromatic N) is 2. The zero-order valence-corrected chi connectivity index (χ0v) is 12.1. The van der Waals surface area contributed by atoms with Gasteiger partial charge in [-0.15, -0.1) is 0 Å². The first kappa shape index (κ1) is 14.0. The number of nitrogens with one attached hydrogen (secondary N) is 1. The predicted octanol–water partition coefficient (Wildman–Crippen LogP) is 2.98. The highest BCUT2D eigenvalue weighted by Crippen LogP contribution is 2.19. The number of carbonyl (C=O) groups is 1. The molecule has 1 aromatic carbocycles. The summed E-state index contributed by atoms with van der Waals surface area (Å²) < 4.78 is 5.13. The monoisotopic (exact) mass is 293 g/mol. The number of pyridine rings is 1. The summed E-state index contributed by atoms with van der Waals surface area (Å²) in [6.07, 6.45) is 3.37. The van der Waals surface area contributed by atoms with Crippen LogP contribution in [0.5, 0.6) is 0 Å². The Balaban J connectivity index is 1.68. The average molecular weight is 293 g/mol. The third kappa shape index (κ3) is 3.20. The number of aryl methyl sites for hydroxylation is 1. The summed E-state index contributed by atoms with van der Waals surface area (Å²) in [5.74, 6) is -0.0905. The highest BCUT2D eigenvalue weighted by Gasteiger charge is 2.13. The summed E-state index contributed by atoms with van der Waals surface area (Å²) in [5.41, 5.74) is 3.71. The second-order valence-electron chi connectivity index (χ2n) is 4.98. The minimum atomic E-state index is -0.289. The van der Waals surface area contributed by atoms with Gasteiger partial charge in [-0.3, -0.25) is 9.78 Å². The van der Waals surface area contributed by atoms with Crippen molar-refractivity contribution in [3.8, 4) is 11.3 Å². The zero-order chi connectivity index (χ0) is 15.4. The third-order valence-electron chi connectivity index (χ3n) is 3.28. The normalized spacial score (nSPS) is 10.4. The van der Waals surface area contributed by atoms with E-state index in [2.05, 4.69) is 15.5 Å². The van der Waals surface area contributed by atoms with Gasteiger partial charge in [-0.05, 0) is 24.6 Å². The van der Waals surface area contributed by atoms with Crippen LogP contribution in [0.3, 0.4) is 0 Å². The maximum Gasteiger partial charge on any atom is 0.290 e. The van der Waals surface area contributed by atoms with Gasteiger partial charge < -0.3 is 9.84 Å². The van der Waals surface area contributed by atoms with Gasteiger partial charge in [0.15, 0.2) is 0 Å². The molecule has 2 aromatic heterocycles. The second-order valence-corrected chi connectivity index (χ2v) is 4.98. The van der Waals surface area contributed by atoms with E-state index in [1.54, 1.807) is 18.5 Å². The third-order valence-corrected chi connectivity index (χ3v) is 3.28. The van der Waals surface area contributed by atoms with Crippen LogP contribution in [0.25, 0.3) is 11.3 Å². The Morgan fingerprint density at radius 3 is 2.59 bits per heavy atom. The van der Waals surface area contributed by atoms with Crippen molar-refractivity contribution in [2.45, 2.75) is 13.5 Å². The molecule has 0 saturated carbocycles. The van der Waals surface area contributed by atoms with Gasteiger partial charge >= 0.3 is 0 Å². The molecular weight excluding hydrogens is 278 g/mol. The van der Waals surface area contributed by atoms with Crippen LogP contribution in [-0.2, 0) is 6.54 Å². The van der Waals surface area contributed by atoms with Gasteiger partial charge in [0.2, 0.25) is 5.76 Å². The van der Waals surface area contributed by atoms with Crippen molar-refractivity contribution >= 4 is 5.91 Å². The summed E-state index contributed by atoms with van der Waals surface area (Å²) in [7, 11) is 0. The maximum absolute atomic E-state index is 12.1. The van der Waals surface area contributed by atoms with Gasteiger partial charge in [0.25, 0.3) is 5.91 Å². The van der Waals surface area contributed by atoms with E-state index in [9.17, 15) is 4.79 Å². The van der Waals surface area contributed by atoms with Crippen molar-refractivity contribution in [1.29, 1.82) is 0 Å². The van der Waals surface area contributed by atoms with Crippen molar-refractivity contribution < 1.29 is 9.32 Å². The van der Waals surface area contributed by atoms with Crippen molar-refractivity contribution in [1.82, 2.24) is 15.5 Å². The molecule has 0 radical (unpaired) electrons. The van der Waals surface area contributed by atoms with E-state index < -0.39 is 0 Å². The Hall–Kier alpha value is -2.95. The number of hydrogen-bond donors (Lipinski definition) is 1. The molecule has 0 aliphatic heterocycles. The second kappa shape index (κ2) is 6.22. The Kier molecular flexibility index (Phi) is 3.96. The van der Waals surface area contributed by atoms with Crippen molar-refractivity contribution in [2.24, 2.45) is 0 Å². The molecule has 5 heteroatoms. The molecule has 0 atom stereocenters. The molecule has 0 bridgehead atoms. The minimum Gasteiger partial charge on any atom is -0.350 e. The van der Waals surface area contributed by atoms with Gasteiger partial charge in [-0.1, -0.05) is 35.0 Å². The van der Waals surface area contributed by atoms with Crippen LogP contribution >= 0.6 is 0 Å². The summed E-state index contributed by atoms with van der Waals surface area (Å²) in [6, 6.07) is 13.2. The van der Waals surface area contributed by atoms with E-state index in [0.29, 0.717) is 12.2 Å². The van der Waals surface area contributed by atoms with Gasteiger partial charge in [0.05, 0.1) is 0 Å². The van der Waals surface area contributed by atoms with Gasteiger partial charge in [0.1, 0.15) is 5.69 Å². The van der Waals surface area contributed by atoms with Crippen LogP contribution in [0, 0.1) is 6.92 Å². The molecular formula is C17H15N3O2.